The number of hydrogen-bond donors (Lipinski definition) is 3. The van der Waals surface area contributed by atoms with Crippen LogP contribution < -0.4 is 10.6 Å². The Balaban J connectivity index is 1.99. The predicted octanol–water partition coefficient (Wildman–Crippen LogP) is 1.65. The number of carboxylic acid groups (broad SMARTS) is 1. The van der Waals surface area contributed by atoms with Crippen molar-refractivity contribution < 1.29 is 9.90 Å². The summed E-state index contributed by atoms with van der Waals surface area (Å²) in [7, 11) is 1.66. The van der Waals surface area contributed by atoms with E-state index in [1.807, 2.05) is 6.07 Å². The van der Waals surface area contributed by atoms with Crippen LogP contribution in [0.25, 0.3) is 0 Å². The Morgan fingerprint density at radius 1 is 1.33 bits per heavy atom. The quantitative estimate of drug-likeness (QED) is 0.741. The molecule has 0 amide bonds. The van der Waals surface area contributed by atoms with Crippen LogP contribution in [0.2, 0.25) is 0 Å². The zero-order valence-electron chi connectivity index (χ0n) is 10.7. The first-order valence-electron chi connectivity index (χ1n) is 6.46. The Morgan fingerprint density at radius 2 is 2.06 bits per heavy atom. The topological polar surface area (TPSA) is 61.4 Å². The summed E-state index contributed by atoms with van der Waals surface area (Å²) in [6.07, 6.45) is 4.84. The fourth-order valence-corrected chi connectivity index (χ4v) is 2.38. The monoisotopic (exact) mass is 248 g/mol. The van der Waals surface area contributed by atoms with E-state index >= 15 is 0 Å². The zero-order valence-corrected chi connectivity index (χ0v) is 10.7. The van der Waals surface area contributed by atoms with Gasteiger partial charge in [-0.25, -0.2) is 0 Å². The van der Waals surface area contributed by atoms with Gasteiger partial charge in [0.15, 0.2) is 0 Å². The molecule has 0 heterocycles. The van der Waals surface area contributed by atoms with Gasteiger partial charge in [0, 0.05) is 12.2 Å². The molecule has 1 atom stereocenters. The number of aliphatic carboxylic acids is 1. The maximum absolute atomic E-state index is 10.9. The molecule has 0 bridgehead atoms. The van der Waals surface area contributed by atoms with E-state index in [1.54, 1.807) is 7.05 Å². The zero-order chi connectivity index (χ0) is 13.0. The van der Waals surface area contributed by atoms with Crippen molar-refractivity contribution in [2.45, 2.75) is 31.7 Å². The van der Waals surface area contributed by atoms with Gasteiger partial charge in [-0.2, -0.15) is 0 Å². The number of carbonyl (C=O) groups is 1. The maximum Gasteiger partial charge on any atom is 0.322 e. The molecular formula is C14H20N2O2. The SMILES string of the molecule is CNC(CNc1ccc2c(c1)CCCC2)C(=O)O. The molecule has 0 saturated carbocycles. The van der Waals surface area contributed by atoms with Crippen LogP contribution >= 0.6 is 0 Å². The summed E-state index contributed by atoms with van der Waals surface area (Å²) in [4.78, 5) is 10.9. The molecule has 0 fully saturated rings. The summed E-state index contributed by atoms with van der Waals surface area (Å²) < 4.78 is 0. The van der Waals surface area contributed by atoms with Crippen LogP contribution in [0.4, 0.5) is 5.69 Å². The van der Waals surface area contributed by atoms with Gasteiger partial charge in [-0.1, -0.05) is 6.07 Å². The molecule has 0 saturated heterocycles. The van der Waals surface area contributed by atoms with E-state index in [4.69, 9.17) is 5.11 Å². The van der Waals surface area contributed by atoms with Crippen LogP contribution in [0.5, 0.6) is 0 Å². The van der Waals surface area contributed by atoms with Gasteiger partial charge >= 0.3 is 5.97 Å². The Bertz CT molecular complexity index is 432. The predicted molar refractivity (Wildman–Crippen MR) is 72.1 cm³/mol. The van der Waals surface area contributed by atoms with Crippen molar-refractivity contribution in [3.63, 3.8) is 0 Å². The Morgan fingerprint density at radius 3 is 2.72 bits per heavy atom. The second kappa shape index (κ2) is 5.87. The minimum atomic E-state index is -0.831. The number of rotatable bonds is 5. The van der Waals surface area contributed by atoms with Crippen molar-refractivity contribution in [2.75, 3.05) is 18.9 Å². The number of aryl methyl sites for hydroxylation is 2. The first-order chi connectivity index (χ1) is 8.70. The van der Waals surface area contributed by atoms with Crippen LogP contribution in [-0.4, -0.2) is 30.7 Å². The van der Waals surface area contributed by atoms with Crippen LogP contribution in [0.3, 0.4) is 0 Å². The van der Waals surface area contributed by atoms with Gasteiger partial charge in [0.05, 0.1) is 0 Å². The normalized spacial score (nSPS) is 15.8. The van der Waals surface area contributed by atoms with E-state index in [0.717, 1.165) is 12.1 Å². The summed E-state index contributed by atoms with van der Waals surface area (Å²) in [6, 6.07) is 5.80. The average molecular weight is 248 g/mol. The first-order valence-corrected chi connectivity index (χ1v) is 6.46. The number of carboxylic acids is 1. The van der Waals surface area contributed by atoms with Crippen molar-refractivity contribution in [3.05, 3.63) is 29.3 Å². The Hall–Kier alpha value is -1.55. The van der Waals surface area contributed by atoms with E-state index in [1.165, 1.54) is 30.4 Å². The lowest BCUT2D eigenvalue weighted by Gasteiger charge is -2.18. The molecule has 1 aromatic rings. The summed E-state index contributed by atoms with van der Waals surface area (Å²) in [5, 5.41) is 14.9. The lowest BCUT2D eigenvalue weighted by Crippen LogP contribution is -2.39. The Kier molecular flexibility index (Phi) is 4.20. The van der Waals surface area contributed by atoms with Gasteiger partial charge in [0.1, 0.15) is 6.04 Å². The highest BCUT2D eigenvalue weighted by molar-refractivity contribution is 5.74. The minimum Gasteiger partial charge on any atom is -0.480 e. The van der Waals surface area contributed by atoms with Crippen molar-refractivity contribution in [1.29, 1.82) is 0 Å². The lowest BCUT2D eigenvalue weighted by atomic mass is 9.91. The molecule has 0 spiro atoms. The number of likely N-dealkylation sites (N-methyl/N-ethyl adjacent to an activating group) is 1. The minimum absolute atomic E-state index is 0.393. The molecule has 4 heteroatoms. The third-order valence-corrected chi connectivity index (χ3v) is 3.51. The summed E-state index contributed by atoms with van der Waals surface area (Å²) in [5.74, 6) is -0.831. The molecule has 1 unspecified atom stereocenters. The van der Waals surface area contributed by atoms with Crippen molar-refractivity contribution >= 4 is 11.7 Å². The molecule has 1 aliphatic rings. The highest BCUT2D eigenvalue weighted by Crippen LogP contribution is 2.24. The number of nitrogens with one attached hydrogen (secondary N) is 2. The summed E-state index contributed by atoms with van der Waals surface area (Å²) >= 11 is 0. The largest absolute Gasteiger partial charge is 0.480 e. The van der Waals surface area contributed by atoms with Gasteiger partial charge < -0.3 is 15.7 Å². The van der Waals surface area contributed by atoms with Crippen LogP contribution in [0.15, 0.2) is 18.2 Å². The van der Waals surface area contributed by atoms with Crippen molar-refractivity contribution in [2.24, 2.45) is 0 Å². The van der Waals surface area contributed by atoms with E-state index < -0.39 is 12.0 Å². The van der Waals surface area contributed by atoms with E-state index in [-0.39, 0.29) is 0 Å². The van der Waals surface area contributed by atoms with Gasteiger partial charge in [-0.05, 0) is 56.0 Å². The fraction of sp³-hybridized carbons (Fsp3) is 0.500. The highest BCUT2D eigenvalue weighted by Gasteiger charge is 2.14. The number of hydrogen-bond acceptors (Lipinski definition) is 3. The smallest absolute Gasteiger partial charge is 0.322 e. The van der Waals surface area contributed by atoms with Crippen LogP contribution in [0.1, 0.15) is 24.0 Å². The first kappa shape index (κ1) is 12.9. The van der Waals surface area contributed by atoms with Crippen LogP contribution in [0, 0.1) is 0 Å². The second-order valence-corrected chi connectivity index (χ2v) is 4.75. The van der Waals surface area contributed by atoms with Gasteiger partial charge in [-0.3, -0.25) is 4.79 Å². The van der Waals surface area contributed by atoms with Gasteiger partial charge in [-0.15, -0.1) is 0 Å². The molecule has 0 radical (unpaired) electrons. The molecule has 4 nitrogen and oxygen atoms in total. The van der Waals surface area contributed by atoms with Crippen molar-refractivity contribution in [1.82, 2.24) is 5.32 Å². The second-order valence-electron chi connectivity index (χ2n) is 4.75. The summed E-state index contributed by atoms with van der Waals surface area (Å²) in [5.41, 5.74) is 3.86. The number of anilines is 1. The molecule has 2 rings (SSSR count). The molecule has 3 N–H and O–H groups in total. The highest BCUT2D eigenvalue weighted by atomic mass is 16.4. The molecule has 1 aliphatic carbocycles. The van der Waals surface area contributed by atoms with Crippen LogP contribution in [-0.2, 0) is 17.6 Å². The third-order valence-electron chi connectivity index (χ3n) is 3.51. The maximum atomic E-state index is 10.9. The Labute approximate surface area is 107 Å². The summed E-state index contributed by atoms with van der Waals surface area (Å²) in [6.45, 7) is 0.393. The third kappa shape index (κ3) is 3.01. The molecule has 18 heavy (non-hydrogen) atoms. The van der Waals surface area contributed by atoms with E-state index in [9.17, 15) is 4.79 Å². The van der Waals surface area contributed by atoms with Gasteiger partial charge in [0.2, 0.25) is 0 Å². The average Bonchev–Trinajstić information content (AvgIpc) is 2.39. The van der Waals surface area contributed by atoms with Crippen molar-refractivity contribution in [3.8, 4) is 0 Å². The number of fused-ring (bicyclic) bond motifs is 1. The molecule has 0 aliphatic heterocycles. The lowest BCUT2D eigenvalue weighted by molar-refractivity contribution is -0.138. The van der Waals surface area contributed by atoms with E-state index in [0.29, 0.717) is 6.54 Å². The molecule has 1 aromatic carbocycles. The number of benzene rings is 1. The van der Waals surface area contributed by atoms with Gasteiger partial charge in [0.25, 0.3) is 0 Å². The standard InChI is InChI=1S/C14H20N2O2/c1-15-13(14(17)18)9-16-12-7-6-10-4-2-3-5-11(10)8-12/h6-8,13,15-16H,2-5,9H2,1H3,(H,17,18). The molecule has 0 aromatic heterocycles. The van der Waals surface area contributed by atoms with E-state index in [2.05, 4.69) is 22.8 Å². The fourth-order valence-electron chi connectivity index (χ4n) is 2.38. The molecular weight excluding hydrogens is 228 g/mol. The molecule has 98 valence electrons.